The van der Waals surface area contributed by atoms with E-state index in [4.69, 9.17) is 10.8 Å². The van der Waals surface area contributed by atoms with Gasteiger partial charge in [-0.1, -0.05) is 18.2 Å². The number of aromatic nitrogens is 2. The number of hydrogen-bond acceptors (Lipinski definition) is 6. The van der Waals surface area contributed by atoms with Gasteiger partial charge in [-0.3, -0.25) is 9.40 Å². The van der Waals surface area contributed by atoms with Gasteiger partial charge in [0.05, 0.1) is 23.3 Å². The fraction of sp³-hybridized carbons (Fsp3) is 0.357. The Labute approximate surface area is 231 Å². The van der Waals surface area contributed by atoms with Crippen molar-refractivity contribution in [2.24, 2.45) is 10.7 Å². The summed E-state index contributed by atoms with van der Waals surface area (Å²) in [6, 6.07) is 4.27. The summed E-state index contributed by atoms with van der Waals surface area (Å²) in [6.07, 6.45) is 10.8. The van der Waals surface area contributed by atoms with E-state index in [1.807, 2.05) is 18.3 Å². The molecule has 12 heteroatoms. The highest BCUT2D eigenvalue weighted by atomic mass is 32.2. The summed E-state index contributed by atoms with van der Waals surface area (Å²) in [5.74, 6) is -1.54. The summed E-state index contributed by atoms with van der Waals surface area (Å²) >= 11 is 0. The fourth-order valence-corrected chi connectivity index (χ4v) is 6.23. The lowest BCUT2D eigenvalue weighted by Crippen LogP contribution is -2.29. The molecule has 3 aliphatic rings. The van der Waals surface area contributed by atoms with E-state index in [9.17, 15) is 17.2 Å². The van der Waals surface area contributed by atoms with E-state index in [-0.39, 0.29) is 17.3 Å². The lowest BCUT2D eigenvalue weighted by molar-refractivity contribution is 0.343. The summed E-state index contributed by atoms with van der Waals surface area (Å²) in [4.78, 5) is 3.85. The van der Waals surface area contributed by atoms with E-state index in [1.54, 1.807) is 10.8 Å². The van der Waals surface area contributed by atoms with Gasteiger partial charge in [0.15, 0.2) is 5.82 Å². The van der Waals surface area contributed by atoms with Crippen LogP contribution in [0.15, 0.2) is 70.5 Å². The van der Waals surface area contributed by atoms with Crippen LogP contribution in [-0.2, 0) is 10.0 Å². The molecule has 1 aromatic heterocycles. The molecule has 4 N–H and O–H groups in total. The molecular weight excluding hydrogens is 541 g/mol. The number of nitrogens with zero attached hydrogens (tertiary/aromatic N) is 3. The highest BCUT2D eigenvalue weighted by Crippen LogP contribution is 2.36. The molecule has 0 amide bonds. The molecule has 1 aliphatic carbocycles. The van der Waals surface area contributed by atoms with Gasteiger partial charge in [0.25, 0.3) is 10.0 Å². The number of hydrogen-bond donors (Lipinski definition) is 3. The average Bonchev–Trinajstić information content (AvgIpc) is 3.41. The van der Waals surface area contributed by atoms with Crippen LogP contribution in [0.2, 0.25) is 0 Å². The summed E-state index contributed by atoms with van der Waals surface area (Å²) in [6.45, 7) is 1.64. The molecule has 0 spiro atoms. The Balaban J connectivity index is 1.59. The van der Waals surface area contributed by atoms with Gasteiger partial charge in [-0.2, -0.15) is 5.10 Å². The number of rotatable bonds is 6. The van der Waals surface area contributed by atoms with Crippen molar-refractivity contribution in [3.63, 3.8) is 0 Å². The van der Waals surface area contributed by atoms with Crippen LogP contribution in [0, 0.1) is 5.82 Å². The second kappa shape index (κ2) is 11.8. The summed E-state index contributed by atoms with van der Waals surface area (Å²) in [7, 11) is -4.57. The Morgan fingerprint density at radius 2 is 1.95 bits per heavy atom. The molecule has 1 fully saturated rings. The van der Waals surface area contributed by atoms with Gasteiger partial charge in [0, 0.05) is 30.2 Å². The largest absolute Gasteiger partial charge is 0.387 e. The first-order valence-corrected chi connectivity index (χ1v) is 14.7. The van der Waals surface area contributed by atoms with Gasteiger partial charge in [0.1, 0.15) is 22.6 Å². The van der Waals surface area contributed by atoms with E-state index >= 15 is 4.39 Å². The molecule has 2 aliphatic heterocycles. The highest BCUT2D eigenvalue weighted by molar-refractivity contribution is 7.96. The number of aliphatic imine (C=N–C) groups is 1. The molecule has 1 saturated heterocycles. The molecule has 0 saturated carbocycles. The third kappa shape index (κ3) is 6.07. The molecule has 1 unspecified atom stereocenters. The number of benzene rings is 1. The van der Waals surface area contributed by atoms with Crippen LogP contribution in [0.1, 0.15) is 50.1 Å². The molecule has 8 nitrogen and oxygen atoms in total. The Bertz CT molecular complexity index is 1530. The quantitative estimate of drug-likeness (QED) is 0.436. The highest BCUT2D eigenvalue weighted by Gasteiger charge is 2.29. The van der Waals surface area contributed by atoms with Crippen LogP contribution < -0.4 is 15.8 Å². The molecule has 212 valence electrons. The SMILES string of the molecule is NC1=NC(c2cn(C3CCNCC3)nc2-c2cccc(NS(=O)(=O)C3=C(F)C=CC(F)C3)c2F)=CC=CCCC1. The molecule has 0 radical (unpaired) electrons. The molecular formula is C28H31F3N6O2S. The Morgan fingerprint density at radius 3 is 2.75 bits per heavy atom. The maximum atomic E-state index is 16.0. The molecule has 5 rings (SSSR count). The van der Waals surface area contributed by atoms with Crippen molar-refractivity contribution in [2.45, 2.75) is 50.7 Å². The first kappa shape index (κ1) is 27.9. The summed E-state index contributed by atoms with van der Waals surface area (Å²) < 4.78 is 73.9. The molecule has 3 heterocycles. The van der Waals surface area contributed by atoms with Crippen molar-refractivity contribution < 1.29 is 21.6 Å². The van der Waals surface area contributed by atoms with Crippen molar-refractivity contribution >= 4 is 27.2 Å². The number of allylic oxidation sites excluding steroid dienone is 7. The minimum absolute atomic E-state index is 0.0303. The van der Waals surface area contributed by atoms with Crippen LogP contribution in [0.25, 0.3) is 17.0 Å². The minimum Gasteiger partial charge on any atom is -0.387 e. The van der Waals surface area contributed by atoms with Crippen LogP contribution in [0.5, 0.6) is 0 Å². The normalized spacial score (nSPS) is 20.9. The van der Waals surface area contributed by atoms with Gasteiger partial charge in [-0.15, -0.1) is 0 Å². The third-order valence-corrected chi connectivity index (χ3v) is 8.57. The first-order chi connectivity index (χ1) is 19.2. The molecule has 0 bridgehead atoms. The number of nitrogens with one attached hydrogen (secondary N) is 2. The van der Waals surface area contributed by atoms with Gasteiger partial charge >= 0.3 is 0 Å². The van der Waals surface area contributed by atoms with Crippen molar-refractivity contribution in [3.05, 3.63) is 76.9 Å². The summed E-state index contributed by atoms with van der Waals surface area (Å²) in [5, 5.41) is 8.08. The smallest absolute Gasteiger partial charge is 0.261 e. The zero-order chi connectivity index (χ0) is 28.3. The number of nitrogens with two attached hydrogens (primary N) is 1. The number of amidine groups is 1. The second-order valence-corrected chi connectivity index (χ2v) is 11.7. The Kier molecular flexibility index (Phi) is 8.27. The number of piperidine rings is 1. The Morgan fingerprint density at radius 1 is 1.15 bits per heavy atom. The van der Waals surface area contributed by atoms with Crippen LogP contribution in [0.4, 0.5) is 18.9 Å². The Hall–Kier alpha value is -3.64. The first-order valence-electron chi connectivity index (χ1n) is 13.3. The number of alkyl halides is 1. The number of anilines is 1. The maximum absolute atomic E-state index is 16.0. The van der Waals surface area contributed by atoms with Crippen molar-refractivity contribution in [1.82, 2.24) is 15.1 Å². The second-order valence-electron chi connectivity index (χ2n) is 9.95. The average molecular weight is 573 g/mol. The monoisotopic (exact) mass is 572 g/mol. The lowest BCUT2D eigenvalue weighted by Gasteiger charge is -2.22. The predicted octanol–water partition coefficient (Wildman–Crippen LogP) is 5.27. The lowest BCUT2D eigenvalue weighted by atomic mass is 10.0. The maximum Gasteiger partial charge on any atom is 0.261 e. The zero-order valence-electron chi connectivity index (χ0n) is 21.8. The standard InChI is InChI=1S/C28H31F3N6O2S/c29-18-10-11-22(30)25(16-18)40(38,39)36-24-8-5-6-20(27(24)31)28-21(17-37(35-28)19-12-14-33-15-13-19)23-7-3-1-2-4-9-26(32)34-23/h1,3,5-8,10-11,17-19,33,36H,2,4,9,12-16H2,(H2,32,34). The zero-order valence-corrected chi connectivity index (χ0v) is 22.6. The number of sulfonamides is 1. The van der Waals surface area contributed by atoms with E-state index < -0.39 is 44.9 Å². The van der Waals surface area contributed by atoms with Crippen molar-refractivity contribution in [2.75, 3.05) is 17.8 Å². The fourth-order valence-electron chi connectivity index (χ4n) is 4.95. The van der Waals surface area contributed by atoms with Gasteiger partial charge < -0.3 is 11.1 Å². The third-order valence-electron chi connectivity index (χ3n) is 7.07. The van der Waals surface area contributed by atoms with E-state index in [1.165, 1.54) is 18.2 Å². The predicted molar refractivity (Wildman–Crippen MR) is 151 cm³/mol. The van der Waals surface area contributed by atoms with Gasteiger partial charge in [-0.25, -0.2) is 26.6 Å². The van der Waals surface area contributed by atoms with Gasteiger partial charge in [0.2, 0.25) is 0 Å². The van der Waals surface area contributed by atoms with Gasteiger partial charge in [-0.05, 0) is 69.1 Å². The summed E-state index contributed by atoms with van der Waals surface area (Å²) in [5.41, 5.74) is 7.12. The van der Waals surface area contributed by atoms with E-state index in [0.717, 1.165) is 50.9 Å². The molecule has 40 heavy (non-hydrogen) atoms. The topological polar surface area (TPSA) is 114 Å². The molecule has 1 atom stereocenters. The van der Waals surface area contributed by atoms with E-state index in [0.29, 0.717) is 23.5 Å². The van der Waals surface area contributed by atoms with E-state index in [2.05, 4.69) is 15.0 Å². The number of halogens is 3. The van der Waals surface area contributed by atoms with Crippen molar-refractivity contribution in [3.8, 4) is 11.3 Å². The van der Waals surface area contributed by atoms with Crippen LogP contribution in [-0.4, -0.2) is 43.3 Å². The van der Waals surface area contributed by atoms with Crippen LogP contribution >= 0.6 is 0 Å². The minimum atomic E-state index is -4.57. The molecule has 1 aromatic carbocycles. The van der Waals surface area contributed by atoms with Crippen LogP contribution in [0.3, 0.4) is 0 Å². The molecule has 2 aromatic rings. The van der Waals surface area contributed by atoms with Crippen molar-refractivity contribution in [1.29, 1.82) is 0 Å².